The Kier molecular flexibility index (Phi) is 6.17. The van der Waals surface area contributed by atoms with Crippen LogP contribution < -0.4 is 15.8 Å². The van der Waals surface area contributed by atoms with Gasteiger partial charge in [-0.3, -0.25) is 4.79 Å². The molecule has 1 saturated carbocycles. The number of carbonyl (C=O) groups is 1. The van der Waals surface area contributed by atoms with E-state index in [1.54, 1.807) is 6.07 Å². The van der Waals surface area contributed by atoms with E-state index in [-0.39, 0.29) is 11.4 Å². The molecule has 5 nitrogen and oxygen atoms in total. The van der Waals surface area contributed by atoms with E-state index in [2.05, 4.69) is 10.3 Å². The highest BCUT2D eigenvalue weighted by Crippen LogP contribution is 2.27. The molecule has 1 aliphatic carbocycles. The van der Waals surface area contributed by atoms with Gasteiger partial charge in [-0.2, -0.15) is 0 Å². The van der Waals surface area contributed by atoms with Gasteiger partial charge in [0.1, 0.15) is 11.4 Å². The predicted molar refractivity (Wildman–Crippen MR) is 97.5 cm³/mol. The van der Waals surface area contributed by atoms with E-state index in [0.29, 0.717) is 12.3 Å². The molecule has 0 unspecified atom stereocenters. The van der Waals surface area contributed by atoms with Crippen LogP contribution in [0.5, 0.6) is 11.5 Å². The molecule has 1 aromatic carbocycles. The summed E-state index contributed by atoms with van der Waals surface area (Å²) in [7, 11) is 0. The van der Waals surface area contributed by atoms with Crippen molar-refractivity contribution in [2.75, 3.05) is 6.54 Å². The summed E-state index contributed by atoms with van der Waals surface area (Å²) in [5.74, 6) is 0.265. The molecule has 3 rings (SSSR count). The number of benzene rings is 1. The van der Waals surface area contributed by atoms with Crippen LogP contribution in [0.15, 0.2) is 36.5 Å². The van der Waals surface area contributed by atoms with Crippen molar-refractivity contribution in [1.29, 1.82) is 0 Å². The molecule has 0 saturated heterocycles. The number of hydrogen-bond acceptors (Lipinski definition) is 4. The Bertz CT molecular complexity index is 743. The third kappa shape index (κ3) is 5.02. The van der Waals surface area contributed by atoms with Crippen molar-refractivity contribution in [3.63, 3.8) is 0 Å². The van der Waals surface area contributed by atoms with Crippen molar-refractivity contribution in [3.8, 4) is 11.5 Å². The second kappa shape index (κ2) is 8.76. The maximum atomic E-state index is 14.3. The first-order valence-corrected chi connectivity index (χ1v) is 9.04. The number of nitrogens with two attached hydrogens (primary N) is 1. The number of pyridine rings is 1. The highest BCUT2D eigenvalue weighted by atomic mass is 19.1. The third-order valence-corrected chi connectivity index (χ3v) is 4.75. The molecule has 0 spiro atoms. The number of hydrogen-bond donors (Lipinski definition) is 2. The Morgan fingerprint density at radius 3 is 2.73 bits per heavy atom. The number of nitrogens with one attached hydrogen (secondary N) is 1. The average Bonchev–Trinajstić information content (AvgIpc) is 3.15. The summed E-state index contributed by atoms with van der Waals surface area (Å²) in [6, 6.07) is 7.89. The van der Waals surface area contributed by atoms with Gasteiger partial charge in [-0.05, 0) is 48.7 Å². The molecule has 0 bridgehead atoms. The van der Waals surface area contributed by atoms with Crippen LogP contribution in [0.2, 0.25) is 0 Å². The summed E-state index contributed by atoms with van der Waals surface area (Å²) in [6.45, 7) is 1.60. The van der Waals surface area contributed by atoms with E-state index in [1.165, 1.54) is 56.5 Å². The van der Waals surface area contributed by atoms with E-state index in [9.17, 15) is 9.18 Å². The minimum absolute atomic E-state index is 0.119. The van der Waals surface area contributed by atoms with Crippen molar-refractivity contribution in [1.82, 2.24) is 10.3 Å². The van der Waals surface area contributed by atoms with Crippen molar-refractivity contribution < 1.29 is 13.9 Å². The molecular weight excluding hydrogens is 333 g/mol. The van der Waals surface area contributed by atoms with Gasteiger partial charge in [-0.1, -0.05) is 31.7 Å². The normalized spacial score (nSPS) is 14.5. The molecule has 0 aliphatic heterocycles. The van der Waals surface area contributed by atoms with Gasteiger partial charge in [0.15, 0.2) is 11.6 Å². The number of primary amides is 1. The van der Waals surface area contributed by atoms with E-state index in [0.717, 1.165) is 18.0 Å². The first kappa shape index (κ1) is 18.3. The monoisotopic (exact) mass is 357 g/mol. The lowest BCUT2D eigenvalue weighted by Crippen LogP contribution is -2.17. The second-order valence-corrected chi connectivity index (χ2v) is 6.73. The van der Waals surface area contributed by atoms with Crippen molar-refractivity contribution in [3.05, 3.63) is 53.6 Å². The quantitative estimate of drug-likeness (QED) is 0.705. The topological polar surface area (TPSA) is 77.2 Å². The lowest BCUT2D eigenvalue weighted by atomic mass is 10.0. The molecule has 1 fully saturated rings. The number of ether oxygens (including phenoxy) is 1. The lowest BCUT2D eigenvalue weighted by molar-refractivity contribution is 0.0995. The first-order chi connectivity index (χ1) is 12.6. The Morgan fingerprint density at radius 1 is 1.27 bits per heavy atom. The Hall–Kier alpha value is -2.47. The Morgan fingerprint density at radius 2 is 2.08 bits per heavy atom. The maximum absolute atomic E-state index is 14.3. The van der Waals surface area contributed by atoms with Crippen LogP contribution in [0.1, 0.15) is 48.2 Å². The maximum Gasteiger partial charge on any atom is 0.267 e. The molecule has 1 amide bonds. The van der Waals surface area contributed by atoms with Gasteiger partial charge in [-0.25, -0.2) is 9.37 Å². The number of carbonyl (C=O) groups excluding carboxylic acids is 1. The molecule has 0 atom stereocenters. The zero-order chi connectivity index (χ0) is 18.4. The molecule has 0 radical (unpaired) electrons. The largest absolute Gasteiger partial charge is 0.453 e. The molecule has 6 heteroatoms. The predicted octanol–water partition coefficient (Wildman–Crippen LogP) is 3.78. The number of amides is 1. The molecular formula is C20H24FN3O2. The number of rotatable bonds is 8. The Balaban J connectivity index is 1.50. The molecule has 1 aliphatic rings. The molecule has 2 aromatic rings. The summed E-state index contributed by atoms with van der Waals surface area (Å²) in [5.41, 5.74) is 6.15. The smallest absolute Gasteiger partial charge is 0.267 e. The number of aromatic nitrogens is 1. The van der Waals surface area contributed by atoms with E-state index >= 15 is 0 Å². The molecule has 138 valence electrons. The first-order valence-electron chi connectivity index (χ1n) is 9.04. The summed E-state index contributed by atoms with van der Waals surface area (Å²) < 4.78 is 19.7. The Labute approximate surface area is 152 Å². The van der Waals surface area contributed by atoms with Gasteiger partial charge in [0.2, 0.25) is 0 Å². The van der Waals surface area contributed by atoms with Crippen molar-refractivity contribution >= 4 is 5.91 Å². The van der Waals surface area contributed by atoms with Crippen molar-refractivity contribution in [2.45, 2.75) is 38.6 Å². The number of nitrogens with zero attached hydrogens (tertiary/aromatic N) is 1. The molecule has 26 heavy (non-hydrogen) atoms. The van der Waals surface area contributed by atoms with Crippen LogP contribution in [0.3, 0.4) is 0 Å². The zero-order valence-corrected chi connectivity index (χ0v) is 14.7. The van der Waals surface area contributed by atoms with E-state index < -0.39 is 11.7 Å². The van der Waals surface area contributed by atoms with Crippen LogP contribution in [0.4, 0.5) is 4.39 Å². The van der Waals surface area contributed by atoms with Gasteiger partial charge in [0.05, 0.1) is 6.20 Å². The molecule has 1 heterocycles. The van der Waals surface area contributed by atoms with E-state index in [1.807, 2.05) is 6.07 Å². The van der Waals surface area contributed by atoms with Gasteiger partial charge in [0, 0.05) is 6.54 Å². The minimum atomic E-state index is -0.618. The van der Waals surface area contributed by atoms with Gasteiger partial charge in [0.25, 0.3) is 5.91 Å². The minimum Gasteiger partial charge on any atom is -0.453 e. The molecule has 1 aromatic heterocycles. The average molecular weight is 357 g/mol. The standard InChI is InChI=1S/C20H24FN3O2/c21-17-11-15(12-23-10-9-14-3-1-2-4-14)5-8-19(17)26-16-6-7-18(20(22)25)24-13-16/h5-8,11,13-14,23H,1-4,9-10,12H2,(H2,22,25). The van der Waals surface area contributed by atoms with Gasteiger partial charge < -0.3 is 15.8 Å². The number of halogens is 1. The summed E-state index contributed by atoms with van der Waals surface area (Å²) >= 11 is 0. The zero-order valence-electron chi connectivity index (χ0n) is 14.7. The van der Waals surface area contributed by atoms with E-state index in [4.69, 9.17) is 10.5 Å². The van der Waals surface area contributed by atoms with Crippen molar-refractivity contribution in [2.24, 2.45) is 11.7 Å². The fraction of sp³-hybridized carbons (Fsp3) is 0.400. The highest BCUT2D eigenvalue weighted by molar-refractivity contribution is 5.90. The summed E-state index contributed by atoms with van der Waals surface area (Å²) in [5, 5.41) is 3.38. The fourth-order valence-electron chi connectivity index (χ4n) is 3.29. The lowest BCUT2D eigenvalue weighted by Gasteiger charge is -2.11. The van der Waals surface area contributed by atoms with Gasteiger partial charge in [-0.15, -0.1) is 0 Å². The molecule has 3 N–H and O–H groups in total. The summed E-state index contributed by atoms with van der Waals surface area (Å²) in [6.07, 6.45) is 7.95. The fourth-order valence-corrected chi connectivity index (χ4v) is 3.29. The third-order valence-electron chi connectivity index (χ3n) is 4.75. The highest BCUT2D eigenvalue weighted by Gasteiger charge is 2.14. The van der Waals surface area contributed by atoms with Crippen LogP contribution in [-0.2, 0) is 6.54 Å². The van der Waals surface area contributed by atoms with Crippen LogP contribution in [0, 0.1) is 11.7 Å². The SMILES string of the molecule is NC(=O)c1ccc(Oc2ccc(CNCCC3CCCC3)cc2F)cn1. The summed E-state index contributed by atoms with van der Waals surface area (Å²) in [4.78, 5) is 14.9. The van der Waals surface area contributed by atoms with Gasteiger partial charge >= 0.3 is 0 Å². The van der Waals surface area contributed by atoms with Crippen LogP contribution in [0.25, 0.3) is 0 Å². The second-order valence-electron chi connectivity index (χ2n) is 6.73. The van der Waals surface area contributed by atoms with Crippen LogP contribution >= 0.6 is 0 Å². The van der Waals surface area contributed by atoms with Crippen LogP contribution in [-0.4, -0.2) is 17.4 Å².